The number of piperidine rings is 1. The van der Waals surface area contributed by atoms with Crippen molar-refractivity contribution in [2.45, 2.75) is 58.2 Å². The van der Waals surface area contributed by atoms with Crippen LogP contribution in [-0.4, -0.2) is 47.4 Å². The first-order valence-corrected chi connectivity index (χ1v) is 13.5. The van der Waals surface area contributed by atoms with Gasteiger partial charge in [-0.05, 0) is 88.4 Å². The van der Waals surface area contributed by atoms with E-state index in [-0.39, 0.29) is 29.9 Å². The Hall–Kier alpha value is -3.49. The van der Waals surface area contributed by atoms with Crippen LogP contribution in [0.2, 0.25) is 5.02 Å². The second kappa shape index (κ2) is 11.7. The molecule has 8 nitrogen and oxygen atoms in total. The molecule has 4 rings (SSSR count). The Kier molecular flexibility index (Phi) is 8.57. The number of nitrogen functional groups attached to an aromatic ring is 1. The maximum atomic E-state index is 12.7. The number of likely N-dealkylation sites (tertiary alicyclic amines) is 1. The van der Waals surface area contributed by atoms with E-state index in [0.29, 0.717) is 40.7 Å². The van der Waals surface area contributed by atoms with Gasteiger partial charge in [-0.25, -0.2) is 9.59 Å². The molecular formula is C30H35ClN2O6. The number of rotatable bonds is 6. The summed E-state index contributed by atoms with van der Waals surface area (Å²) in [5.74, 6) is -0.178. The summed E-state index contributed by atoms with van der Waals surface area (Å²) in [6, 6.07) is 14.2. The largest absolute Gasteiger partial charge is 0.460 e. The predicted molar refractivity (Wildman–Crippen MR) is 150 cm³/mol. The number of carbonyl (C=O) groups is 2. The first kappa shape index (κ1) is 28.5. The molecule has 1 aliphatic rings. The van der Waals surface area contributed by atoms with Gasteiger partial charge in [-0.1, -0.05) is 23.7 Å². The van der Waals surface area contributed by atoms with Crippen molar-refractivity contribution in [1.29, 1.82) is 0 Å². The molecule has 1 unspecified atom stereocenters. The minimum atomic E-state index is -1.23. The zero-order valence-corrected chi connectivity index (χ0v) is 23.5. The van der Waals surface area contributed by atoms with Crippen molar-refractivity contribution in [2.24, 2.45) is 0 Å². The van der Waals surface area contributed by atoms with Gasteiger partial charge in [0.1, 0.15) is 17.5 Å². The molecule has 0 bridgehead atoms. The zero-order chi connectivity index (χ0) is 28.3. The van der Waals surface area contributed by atoms with Crippen molar-refractivity contribution in [3.63, 3.8) is 0 Å². The highest BCUT2D eigenvalue weighted by Gasteiger charge is 2.30. The summed E-state index contributed by atoms with van der Waals surface area (Å²) in [6.45, 7) is 8.56. The van der Waals surface area contributed by atoms with Gasteiger partial charge in [-0.3, -0.25) is 0 Å². The lowest BCUT2D eigenvalue weighted by atomic mass is 9.87. The average molecular weight is 555 g/mol. The summed E-state index contributed by atoms with van der Waals surface area (Å²) in [4.78, 5) is 26.9. The normalized spacial score (nSPS) is 15.2. The van der Waals surface area contributed by atoms with Crippen LogP contribution in [-0.2, 0) is 9.47 Å². The number of hydrogen-bond acceptors (Lipinski definition) is 7. The Bertz CT molecular complexity index is 1320. The summed E-state index contributed by atoms with van der Waals surface area (Å²) in [5.41, 5.74) is 8.59. The number of amides is 1. The Morgan fingerprint density at radius 2 is 1.77 bits per heavy atom. The maximum absolute atomic E-state index is 12.7. The van der Waals surface area contributed by atoms with Gasteiger partial charge in [0.2, 0.25) is 5.76 Å². The number of halogens is 1. The summed E-state index contributed by atoms with van der Waals surface area (Å²) in [5, 5.41) is 12.0. The molecule has 2 heterocycles. The molecule has 0 saturated carbocycles. The van der Waals surface area contributed by atoms with Gasteiger partial charge in [0, 0.05) is 40.5 Å². The number of benzene rings is 2. The van der Waals surface area contributed by atoms with Crippen LogP contribution in [0.15, 0.2) is 52.9 Å². The molecule has 0 aliphatic carbocycles. The van der Waals surface area contributed by atoms with Crippen molar-refractivity contribution in [3.8, 4) is 11.3 Å². The van der Waals surface area contributed by atoms with Crippen molar-refractivity contribution in [3.05, 3.63) is 76.0 Å². The lowest BCUT2D eigenvalue weighted by Gasteiger charge is -2.34. The standard InChI is InChI=1S/C30H35ClN2O6/c1-5-37-28(35)27-23(17-25(38-27)19-6-9-21(31)10-7-19)26(34)22-16-20(8-11-24(22)32)18-12-14-33(15-13-18)29(36)39-30(2,3)4/h6-11,16-18,26,34H,5,12-15,32H2,1-4H3. The molecule has 0 radical (unpaired) electrons. The number of aliphatic hydroxyl groups is 1. The van der Waals surface area contributed by atoms with Gasteiger partial charge >= 0.3 is 12.1 Å². The zero-order valence-electron chi connectivity index (χ0n) is 22.7. The molecule has 2 aromatic carbocycles. The summed E-state index contributed by atoms with van der Waals surface area (Å²) in [7, 11) is 0. The van der Waals surface area contributed by atoms with E-state index < -0.39 is 17.7 Å². The first-order chi connectivity index (χ1) is 18.5. The van der Waals surface area contributed by atoms with Gasteiger partial charge < -0.3 is 29.6 Å². The second-order valence-corrected chi connectivity index (χ2v) is 11.1. The molecule has 3 aromatic rings. The average Bonchev–Trinajstić information content (AvgIpc) is 3.34. The minimum Gasteiger partial charge on any atom is -0.460 e. The SMILES string of the molecule is CCOC(=O)c1oc(-c2ccc(Cl)cc2)cc1C(O)c1cc(C2CCN(C(=O)OC(C)(C)C)CC2)ccc1N. The van der Waals surface area contributed by atoms with Crippen LogP contribution in [0.4, 0.5) is 10.5 Å². The highest BCUT2D eigenvalue weighted by molar-refractivity contribution is 6.30. The maximum Gasteiger partial charge on any atom is 0.410 e. The van der Waals surface area contributed by atoms with Crippen molar-refractivity contribution in [1.82, 2.24) is 4.90 Å². The molecule has 1 saturated heterocycles. The fourth-order valence-electron chi connectivity index (χ4n) is 4.69. The molecule has 9 heteroatoms. The number of carbonyl (C=O) groups excluding carboxylic acids is 2. The quantitative estimate of drug-likeness (QED) is 0.262. The summed E-state index contributed by atoms with van der Waals surface area (Å²) in [6.07, 6.45) is -0.0356. The Morgan fingerprint density at radius 3 is 2.38 bits per heavy atom. The summed E-state index contributed by atoms with van der Waals surface area (Å²) < 4.78 is 16.6. The second-order valence-electron chi connectivity index (χ2n) is 10.7. The smallest absolute Gasteiger partial charge is 0.410 e. The van der Waals surface area contributed by atoms with Crippen molar-refractivity contribution in [2.75, 3.05) is 25.4 Å². The van der Waals surface area contributed by atoms with E-state index in [1.165, 1.54) is 0 Å². The number of furan rings is 1. The molecule has 0 spiro atoms. The van der Waals surface area contributed by atoms with Crippen molar-refractivity contribution < 1.29 is 28.6 Å². The molecule has 1 aromatic heterocycles. The number of esters is 1. The molecule has 1 amide bonds. The third-order valence-corrected chi connectivity index (χ3v) is 6.92. The lowest BCUT2D eigenvalue weighted by molar-refractivity contribution is 0.0204. The monoisotopic (exact) mass is 554 g/mol. The minimum absolute atomic E-state index is 0.0789. The molecule has 3 N–H and O–H groups in total. The van der Waals surface area contributed by atoms with Crippen LogP contribution < -0.4 is 5.73 Å². The third-order valence-electron chi connectivity index (χ3n) is 6.67. The van der Waals surface area contributed by atoms with Gasteiger partial charge in [-0.2, -0.15) is 0 Å². The fourth-order valence-corrected chi connectivity index (χ4v) is 4.82. The molecular weight excluding hydrogens is 520 g/mol. The van der Waals surface area contributed by atoms with E-state index in [1.54, 1.807) is 48.2 Å². The molecule has 1 aliphatic heterocycles. The third kappa shape index (κ3) is 6.75. The summed E-state index contributed by atoms with van der Waals surface area (Å²) >= 11 is 6.02. The topological polar surface area (TPSA) is 115 Å². The van der Waals surface area contributed by atoms with Crippen LogP contribution in [0.1, 0.15) is 79.8 Å². The van der Waals surface area contributed by atoms with E-state index in [0.717, 1.165) is 18.4 Å². The Balaban J connectivity index is 1.59. The molecule has 208 valence electrons. The number of ether oxygens (including phenoxy) is 2. The fraction of sp³-hybridized carbons (Fsp3) is 0.400. The van der Waals surface area contributed by atoms with E-state index in [2.05, 4.69) is 0 Å². The van der Waals surface area contributed by atoms with Gasteiger partial charge in [0.05, 0.1) is 6.61 Å². The van der Waals surface area contributed by atoms with Crippen LogP contribution >= 0.6 is 11.6 Å². The van der Waals surface area contributed by atoms with Gasteiger partial charge in [-0.15, -0.1) is 0 Å². The van der Waals surface area contributed by atoms with Crippen LogP contribution in [0.3, 0.4) is 0 Å². The van der Waals surface area contributed by atoms with Crippen molar-refractivity contribution >= 4 is 29.4 Å². The Labute approximate surface area is 233 Å². The van der Waals surface area contributed by atoms with Gasteiger partial charge in [0.25, 0.3) is 0 Å². The van der Waals surface area contributed by atoms with E-state index >= 15 is 0 Å². The molecule has 1 fully saturated rings. The number of nitrogens with zero attached hydrogens (tertiary/aromatic N) is 1. The van der Waals surface area contributed by atoms with Crippen LogP contribution in [0, 0.1) is 0 Å². The predicted octanol–water partition coefficient (Wildman–Crippen LogP) is 6.56. The highest BCUT2D eigenvalue weighted by atomic mass is 35.5. The number of hydrogen-bond donors (Lipinski definition) is 2. The van der Waals surface area contributed by atoms with E-state index in [9.17, 15) is 14.7 Å². The van der Waals surface area contributed by atoms with Crippen LogP contribution in [0.25, 0.3) is 11.3 Å². The van der Waals surface area contributed by atoms with E-state index in [1.807, 2.05) is 32.9 Å². The first-order valence-electron chi connectivity index (χ1n) is 13.1. The van der Waals surface area contributed by atoms with E-state index in [4.69, 9.17) is 31.2 Å². The highest BCUT2D eigenvalue weighted by Crippen LogP contribution is 2.38. The van der Waals surface area contributed by atoms with Gasteiger partial charge in [0.15, 0.2) is 0 Å². The Morgan fingerprint density at radius 1 is 1.10 bits per heavy atom. The number of anilines is 1. The lowest BCUT2D eigenvalue weighted by Crippen LogP contribution is -2.41. The molecule has 39 heavy (non-hydrogen) atoms. The number of nitrogens with two attached hydrogens (primary N) is 1. The molecule has 1 atom stereocenters. The number of aliphatic hydroxyl groups excluding tert-OH is 1. The van der Waals surface area contributed by atoms with Crippen LogP contribution in [0.5, 0.6) is 0 Å².